The van der Waals surface area contributed by atoms with Crippen molar-refractivity contribution in [1.29, 1.82) is 0 Å². The standard InChI is InChI=1S/C24H19F3N4O/c1-30-23(13-9-17(25)20(27)18(26)10-13)16-11-14-5-6-19(22(16)29-30)31(14)24(32)15-4-2-3-12-7-8-28-21(12)15/h2-4,7-10,14,19,28H,5-6,11H2,1H3/t14-,19+/m0/s1. The molecule has 2 bridgehead atoms. The van der Waals surface area contributed by atoms with E-state index in [9.17, 15) is 18.0 Å². The van der Waals surface area contributed by atoms with Crippen LogP contribution in [0.1, 0.15) is 40.5 Å². The lowest BCUT2D eigenvalue weighted by Gasteiger charge is -2.34. The number of nitrogens with one attached hydrogen (secondary N) is 1. The van der Waals surface area contributed by atoms with Gasteiger partial charge < -0.3 is 9.88 Å². The number of para-hydroxylation sites is 1. The number of H-pyrrole nitrogens is 1. The van der Waals surface area contributed by atoms with Gasteiger partial charge in [-0.15, -0.1) is 0 Å². The number of hydrogen-bond donors (Lipinski definition) is 1. The summed E-state index contributed by atoms with van der Waals surface area (Å²) in [6.07, 6.45) is 3.94. The second-order valence-corrected chi connectivity index (χ2v) is 8.50. The molecule has 2 aromatic carbocycles. The minimum absolute atomic E-state index is 0.0386. The maximum Gasteiger partial charge on any atom is 0.256 e. The monoisotopic (exact) mass is 436 g/mol. The summed E-state index contributed by atoms with van der Waals surface area (Å²) in [4.78, 5) is 18.7. The number of rotatable bonds is 2. The van der Waals surface area contributed by atoms with Gasteiger partial charge in [0.25, 0.3) is 5.91 Å². The van der Waals surface area contributed by atoms with Crippen LogP contribution >= 0.6 is 0 Å². The Balaban J connectivity index is 1.44. The van der Waals surface area contributed by atoms with Crippen molar-refractivity contribution in [3.63, 3.8) is 0 Å². The minimum atomic E-state index is -1.49. The molecule has 0 unspecified atom stereocenters. The van der Waals surface area contributed by atoms with Gasteiger partial charge in [0.15, 0.2) is 17.5 Å². The van der Waals surface area contributed by atoms with Gasteiger partial charge in [0, 0.05) is 35.8 Å². The van der Waals surface area contributed by atoms with Crippen molar-refractivity contribution in [1.82, 2.24) is 19.7 Å². The van der Waals surface area contributed by atoms with Gasteiger partial charge in [-0.1, -0.05) is 12.1 Å². The zero-order chi connectivity index (χ0) is 22.1. The van der Waals surface area contributed by atoms with Crippen molar-refractivity contribution in [2.75, 3.05) is 0 Å². The van der Waals surface area contributed by atoms with Gasteiger partial charge in [-0.05, 0) is 43.5 Å². The molecule has 0 aliphatic carbocycles. The smallest absolute Gasteiger partial charge is 0.256 e. The number of carbonyl (C=O) groups is 1. The van der Waals surface area contributed by atoms with Crippen molar-refractivity contribution in [3.05, 3.63) is 76.9 Å². The lowest BCUT2D eigenvalue weighted by atomic mass is 9.94. The molecule has 2 aliphatic rings. The Hall–Kier alpha value is -3.55. The van der Waals surface area contributed by atoms with Crippen LogP contribution in [0.5, 0.6) is 0 Å². The van der Waals surface area contributed by atoms with Crippen LogP contribution in [0.3, 0.4) is 0 Å². The molecule has 2 aromatic heterocycles. The molecule has 4 aromatic rings. The molecular weight excluding hydrogens is 417 g/mol. The third-order valence-electron chi connectivity index (χ3n) is 6.74. The predicted octanol–water partition coefficient (Wildman–Crippen LogP) is 4.89. The Labute approximate surface area is 181 Å². The van der Waals surface area contributed by atoms with Crippen LogP contribution in [0.25, 0.3) is 22.2 Å². The Kier molecular flexibility index (Phi) is 4.02. The number of amides is 1. The number of nitrogens with zero attached hydrogens (tertiary/aromatic N) is 3. The van der Waals surface area contributed by atoms with E-state index in [4.69, 9.17) is 0 Å². The third kappa shape index (κ3) is 2.58. The number of aryl methyl sites for hydroxylation is 1. The fourth-order valence-corrected chi connectivity index (χ4v) is 5.41. The predicted molar refractivity (Wildman–Crippen MR) is 112 cm³/mol. The normalized spacial score (nSPS) is 19.6. The van der Waals surface area contributed by atoms with E-state index in [0.29, 0.717) is 17.7 Å². The van der Waals surface area contributed by atoms with Gasteiger partial charge in [-0.3, -0.25) is 9.48 Å². The van der Waals surface area contributed by atoms with Gasteiger partial charge >= 0.3 is 0 Å². The first-order chi connectivity index (χ1) is 15.4. The molecule has 2 atom stereocenters. The van der Waals surface area contributed by atoms with Crippen molar-refractivity contribution in [3.8, 4) is 11.3 Å². The number of fused-ring (bicyclic) bond motifs is 5. The molecule has 5 nitrogen and oxygen atoms in total. The minimum Gasteiger partial charge on any atom is -0.361 e. The maximum absolute atomic E-state index is 13.9. The summed E-state index contributed by atoms with van der Waals surface area (Å²) in [6, 6.07) is 9.34. The van der Waals surface area contributed by atoms with E-state index in [-0.39, 0.29) is 23.6 Å². The lowest BCUT2D eigenvalue weighted by Crippen LogP contribution is -2.42. The van der Waals surface area contributed by atoms with Gasteiger partial charge in [-0.2, -0.15) is 5.10 Å². The maximum atomic E-state index is 13.9. The fourth-order valence-electron chi connectivity index (χ4n) is 5.41. The summed E-state index contributed by atoms with van der Waals surface area (Å²) in [5.41, 5.74) is 3.84. The summed E-state index contributed by atoms with van der Waals surface area (Å²) in [7, 11) is 1.70. The molecule has 6 rings (SSSR count). The highest BCUT2D eigenvalue weighted by Crippen LogP contribution is 2.47. The Morgan fingerprint density at radius 2 is 1.91 bits per heavy atom. The molecule has 1 N–H and O–H groups in total. The Morgan fingerprint density at radius 3 is 2.69 bits per heavy atom. The zero-order valence-electron chi connectivity index (χ0n) is 17.2. The van der Waals surface area contributed by atoms with Crippen molar-refractivity contribution >= 4 is 16.8 Å². The molecule has 1 amide bonds. The molecule has 32 heavy (non-hydrogen) atoms. The zero-order valence-corrected chi connectivity index (χ0v) is 17.2. The molecule has 0 radical (unpaired) electrons. The van der Waals surface area contributed by atoms with Crippen LogP contribution < -0.4 is 0 Å². The molecule has 4 heterocycles. The number of aromatic amines is 1. The third-order valence-corrected chi connectivity index (χ3v) is 6.74. The molecular formula is C24H19F3N4O. The Bertz CT molecular complexity index is 1380. The van der Waals surface area contributed by atoms with Crippen LogP contribution in [0.2, 0.25) is 0 Å². The molecule has 2 aliphatic heterocycles. The molecule has 1 saturated heterocycles. The second-order valence-electron chi connectivity index (χ2n) is 8.50. The number of aromatic nitrogens is 3. The average molecular weight is 436 g/mol. The van der Waals surface area contributed by atoms with E-state index in [1.165, 1.54) is 0 Å². The quantitative estimate of drug-likeness (QED) is 0.455. The number of benzene rings is 2. The van der Waals surface area contributed by atoms with Crippen molar-refractivity contribution < 1.29 is 18.0 Å². The summed E-state index contributed by atoms with van der Waals surface area (Å²) in [5, 5.41) is 5.62. The van der Waals surface area contributed by atoms with Gasteiger partial charge in [0.2, 0.25) is 0 Å². The summed E-state index contributed by atoms with van der Waals surface area (Å²) >= 11 is 0. The number of hydrogen-bond acceptors (Lipinski definition) is 2. The van der Waals surface area contributed by atoms with Crippen LogP contribution in [-0.2, 0) is 13.5 Å². The highest BCUT2D eigenvalue weighted by molar-refractivity contribution is 6.06. The fraction of sp³-hybridized carbons (Fsp3) is 0.250. The van der Waals surface area contributed by atoms with E-state index < -0.39 is 17.5 Å². The molecule has 8 heteroatoms. The number of halogens is 3. The van der Waals surface area contributed by atoms with E-state index in [2.05, 4.69) is 10.1 Å². The molecule has 162 valence electrons. The molecule has 0 spiro atoms. The summed E-state index contributed by atoms with van der Waals surface area (Å²) < 4.78 is 42.9. The highest BCUT2D eigenvalue weighted by atomic mass is 19.2. The van der Waals surface area contributed by atoms with E-state index in [0.717, 1.165) is 47.1 Å². The lowest BCUT2D eigenvalue weighted by molar-refractivity contribution is 0.0644. The van der Waals surface area contributed by atoms with Crippen LogP contribution in [0, 0.1) is 17.5 Å². The van der Waals surface area contributed by atoms with E-state index >= 15 is 0 Å². The summed E-state index contributed by atoms with van der Waals surface area (Å²) in [5.74, 6) is -4.00. The SMILES string of the molecule is Cn1nc2c(c1-c1cc(F)c(F)c(F)c1)C[C@@H]1CC[C@H]2N1C(=O)c1cccc2cc[nH]c12. The van der Waals surface area contributed by atoms with Gasteiger partial charge in [0.1, 0.15) is 0 Å². The van der Waals surface area contributed by atoms with Crippen LogP contribution in [0.4, 0.5) is 13.2 Å². The highest BCUT2D eigenvalue weighted by Gasteiger charge is 2.46. The molecule has 1 fully saturated rings. The second kappa shape index (κ2) is 6.72. The van der Waals surface area contributed by atoms with Crippen LogP contribution in [-0.4, -0.2) is 31.6 Å². The van der Waals surface area contributed by atoms with E-state index in [1.807, 2.05) is 35.4 Å². The first-order valence-corrected chi connectivity index (χ1v) is 10.5. The van der Waals surface area contributed by atoms with Crippen molar-refractivity contribution in [2.45, 2.75) is 31.3 Å². The first-order valence-electron chi connectivity index (χ1n) is 10.5. The van der Waals surface area contributed by atoms with E-state index in [1.54, 1.807) is 11.7 Å². The first kappa shape index (κ1) is 19.2. The van der Waals surface area contributed by atoms with Crippen LogP contribution in [0.15, 0.2) is 42.6 Å². The van der Waals surface area contributed by atoms with Gasteiger partial charge in [0.05, 0.1) is 28.5 Å². The largest absolute Gasteiger partial charge is 0.361 e. The van der Waals surface area contributed by atoms with Gasteiger partial charge in [-0.25, -0.2) is 13.2 Å². The molecule has 0 saturated carbocycles. The topological polar surface area (TPSA) is 53.9 Å². The Morgan fingerprint density at radius 1 is 1.12 bits per heavy atom. The average Bonchev–Trinajstić information content (AvgIpc) is 3.46. The number of carbonyl (C=O) groups excluding carboxylic acids is 1. The summed E-state index contributed by atoms with van der Waals surface area (Å²) in [6.45, 7) is 0. The van der Waals surface area contributed by atoms with Crippen molar-refractivity contribution in [2.24, 2.45) is 7.05 Å².